The van der Waals surface area contributed by atoms with E-state index in [1.54, 1.807) is 6.92 Å². The monoisotopic (exact) mass is 263 g/mol. The highest BCUT2D eigenvalue weighted by Gasteiger charge is 2.24. The van der Waals surface area contributed by atoms with Crippen molar-refractivity contribution in [2.45, 2.75) is 44.8 Å². The number of rotatable bonds is 6. The molecule has 1 unspecified atom stereocenters. The number of hydrogen-bond acceptors (Lipinski definition) is 4. The fourth-order valence-electron chi connectivity index (χ4n) is 2.29. The summed E-state index contributed by atoms with van der Waals surface area (Å²) in [6.07, 6.45) is 4.71. The summed E-state index contributed by atoms with van der Waals surface area (Å²) < 4.78 is 5.09. The van der Waals surface area contributed by atoms with E-state index < -0.39 is 6.04 Å². The lowest BCUT2D eigenvalue weighted by atomic mass is 10.1. The van der Waals surface area contributed by atoms with E-state index in [0.29, 0.717) is 6.61 Å². The minimum Gasteiger partial charge on any atom is -0.465 e. The van der Waals surface area contributed by atoms with Crippen molar-refractivity contribution in [1.82, 2.24) is 5.48 Å². The molecule has 19 heavy (non-hydrogen) atoms. The zero-order valence-corrected chi connectivity index (χ0v) is 11.3. The first kappa shape index (κ1) is 14.0. The Bertz CT molecular complexity index is 388. The molecule has 1 saturated carbocycles. The van der Waals surface area contributed by atoms with Gasteiger partial charge in [0, 0.05) is 0 Å². The molecule has 1 aliphatic carbocycles. The average molecular weight is 263 g/mol. The van der Waals surface area contributed by atoms with Gasteiger partial charge < -0.3 is 4.74 Å². The Morgan fingerprint density at radius 1 is 1.32 bits per heavy atom. The number of carbonyl (C=O) groups excluding carboxylic acids is 1. The quantitative estimate of drug-likeness (QED) is 0.633. The zero-order chi connectivity index (χ0) is 13.5. The van der Waals surface area contributed by atoms with Crippen LogP contribution in [0.2, 0.25) is 0 Å². The third kappa shape index (κ3) is 4.04. The smallest absolute Gasteiger partial charge is 0.330 e. The third-order valence-corrected chi connectivity index (χ3v) is 3.31. The van der Waals surface area contributed by atoms with Crippen LogP contribution < -0.4 is 5.48 Å². The predicted molar refractivity (Wildman–Crippen MR) is 72.3 cm³/mol. The van der Waals surface area contributed by atoms with Crippen LogP contribution in [0.4, 0.5) is 0 Å². The number of hydrogen-bond donors (Lipinski definition) is 1. The first-order chi connectivity index (χ1) is 9.31. The van der Waals surface area contributed by atoms with Gasteiger partial charge in [0.05, 0.1) is 12.7 Å². The molecule has 4 heteroatoms. The standard InChI is InChI=1S/C15H21NO3/c1-2-18-15(17)14(12-8-4-3-5-9-12)16-19-13-10-6-7-11-13/h3-5,8-9,13-14,16H,2,6-7,10-11H2,1H3. The molecule has 2 rings (SSSR count). The van der Waals surface area contributed by atoms with Crippen molar-refractivity contribution in [2.24, 2.45) is 0 Å². The fourth-order valence-corrected chi connectivity index (χ4v) is 2.29. The fraction of sp³-hybridized carbons (Fsp3) is 0.533. The molecular weight excluding hydrogens is 242 g/mol. The van der Waals surface area contributed by atoms with Crippen LogP contribution in [0.5, 0.6) is 0 Å². The van der Waals surface area contributed by atoms with E-state index in [1.165, 1.54) is 12.8 Å². The maximum absolute atomic E-state index is 12.0. The van der Waals surface area contributed by atoms with Gasteiger partial charge in [-0.2, -0.15) is 5.48 Å². The lowest BCUT2D eigenvalue weighted by Crippen LogP contribution is -2.33. The van der Waals surface area contributed by atoms with Gasteiger partial charge in [0.2, 0.25) is 0 Å². The molecule has 0 amide bonds. The highest BCUT2D eigenvalue weighted by atomic mass is 16.7. The number of ether oxygens (including phenoxy) is 1. The number of carbonyl (C=O) groups is 1. The van der Waals surface area contributed by atoms with Crippen molar-refractivity contribution >= 4 is 5.97 Å². The highest BCUT2D eigenvalue weighted by molar-refractivity contribution is 5.77. The molecule has 0 bridgehead atoms. The maximum atomic E-state index is 12.0. The van der Waals surface area contributed by atoms with Crippen LogP contribution in [0.15, 0.2) is 30.3 Å². The van der Waals surface area contributed by atoms with Crippen molar-refractivity contribution in [1.29, 1.82) is 0 Å². The van der Waals surface area contributed by atoms with E-state index in [0.717, 1.165) is 18.4 Å². The van der Waals surface area contributed by atoms with E-state index in [-0.39, 0.29) is 12.1 Å². The largest absolute Gasteiger partial charge is 0.465 e. The van der Waals surface area contributed by atoms with Gasteiger partial charge in [-0.05, 0) is 25.3 Å². The van der Waals surface area contributed by atoms with Crippen molar-refractivity contribution < 1.29 is 14.4 Å². The lowest BCUT2D eigenvalue weighted by Gasteiger charge is -2.20. The molecule has 0 aliphatic heterocycles. The molecule has 0 aromatic heterocycles. The first-order valence-electron chi connectivity index (χ1n) is 6.94. The van der Waals surface area contributed by atoms with E-state index >= 15 is 0 Å². The molecule has 104 valence electrons. The molecule has 1 atom stereocenters. The first-order valence-corrected chi connectivity index (χ1v) is 6.94. The average Bonchev–Trinajstić information content (AvgIpc) is 2.94. The number of esters is 1. The summed E-state index contributed by atoms with van der Waals surface area (Å²) in [6, 6.07) is 8.96. The van der Waals surface area contributed by atoms with Crippen molar-refractivity contribution in [3.8, 4) is 0 Å². The second-order valence-electron chi connectivity index (χ2n) is 4.74. The normalized spacial score (nSPS) is 17.3. The van der Waals surface area contributed by atoms with Crippen LogP contribution >= 0.6 is 0 Å². The third-order valence-electron chi connectivity index (χ3n) is 3.31. The van der Waals surface area contributed by atoms with E-state index in [1.807, 2.05) is 30.3 Å². The van der Waals surface area contributed by atoms with Crippen LogP contribution in [0.1, 0.15) is 44.2 Å². The molecule has 0 heterocycles. The molecule has 0 spiro atoms. The van der Waals surface area contributed by atoms with Crippen LogP contribution in [-0.4, -0.2) is 18.7 Å². The van der Waals surface area contributed by atoms with E-state index in [4.69, 9.17) is 9.57 Å². The van der Waals surface area contributed by atoms with Crippen LogP contribution in [-0.2, 0) is 14.4 Å². The van der Waals surface area contributed by atoms with Crippen LogP contribution in [0, 0.1) is 0 Å². The molecular formula is C15H21NO3. The second kappa shape index (κ2) is 7.26. The molecule has 1 aromatic rings. The van der Waals surface area contributed by atoms with Gasteiger partial charge >= 0.3 is 5.97 Å². The summed E-state index contributed by atoms with van der Waals surface area (Å²) in [5, 5.41) is 0. The molecule has 0 saturated heterocycles. The van der Waals surface area contributed by atoms with Crippen molar-refractivity contribution in [3.63, 3.8) is 0 Å². The zero-order valence-electron chi connectivity index (χ0n) is 11.3. The predicted octanol–water partition coefficient (Wildman–Crippen LogP) is 2.75. The Morgan fingerprint density at radius 2 is 2.00 bits per heavy atom. The Labute approximate surface area is 114 Å². The molecule has 4 nitrogen and oxygen atoms in total. The van der Waals surface area contributed by atoms with E-state index in [9.17, 15) is 4.79 Å². The molecule has 1 aliphatic rings. The van der Waals surface area contributed by atoms with Gasteiger partial charge in [-0.25, -0.2) is 4.79 Å². The minimum absolute atomic E-state index is 0.209. The molecule has 0 radical (unpaired) electrons. The molecule has 1 aromatic carbocycles. The summed E-state index contributed by atoms with van der Waals surface area (Å²) in [7, 11) is 0. The summed E-state index contributed by atoms with van der Waals surface area (Å²) in [5.74, 6) is -0.299. The molecule has 1 N–H and O–H groups in total. The number of nitrogens with one attached hydrogen (secondary N) is 1. The van der Waals surface area contributed by atoms with E-state index in [2.05, 4.69) is 5.48 Å². The van der Waals surface area contributed by atoms with Crippen LogP contribution in [0.25, 0.3) is 0 Å². The Hall–Kier alpha value is -1.39. The topological polar surface area (TPSA) is 47.6 Å². The minimum atomic E-state index is -0.554. The van der Waals surface area contributed by atoms with Crippen molar-refractivity contribution in [3.05, 3.63) is 35.9 Å². The van der Waals surface area contributed by atoms with Crippen molar-refractivity contribution in [2.75, 3.05) is 6.61 Å². The number of hydroxylamine groups is 1. The second-order valence-corrected chi connectivity index (χ2v) is 4.74. The highest BCUT2D eigenvalue weighted by Crippen LogP contribution is 2.22. The lowest BCUT2D eigenvalue weighted by molar-refractivity contribution is -0.152. The maximum Gasteiger partial charge on any atom is 0.330 e. The van der Waals surface area contributed by atoms with Gasteiger partial charge in [0.15, 0.2) is 6.04 Å². The van der Waals surface area contributed by atoms with Gasteiger partial charge in [-0.3, -0.25) is 4.84 Å². The van der Waals surface area contributed by atoms with Gasteiger partial charge in [-0.1, -0.05) is 43.2 Å². The van der Waals surface area contributed by atoms with Gasteiger partial charge in [-0.15, -0.1) is 0 Å². The Kier molecular flexibility index (Phi) is 5.36. The summed E-state index contributed by atoms with van der Waals surface area (Å²) in [6.45, 7) is 2.17. The van der Waals surface area contributed by atoms with Gasteiger partial charge in [0.1, 0.15) is 0 Å². The SMILES string of the molecule is CCOC(=O)C(NOC1CCCC1)c1ccccc1. The number of benzene rings is 1. The summed E-state index contributed by atoms with van der Waals surface area (Å²) >= 11 is 0. The Balaban J connectivity index is 1.99. The molecule has 1 fully saturated rings. The van der Waals surface area contributed by atoms with Gasteiger partial charge in [0.25, 0.3) is 0 Å². The summed E-state index contributed by atoms with van der Waals surface area (Å²) in [5.41, 5.74) is 3.75. The summed E-state index contributed by atoms with van der Waals surface area (Å²) in [4.78, 5) is 17.6. The van der Waals surface area contributed by atoms with Crippen LogP contribution in [0.3, 0.4) is 0 Å². The Morgan fingerprint density at radius 3 is 2.63 bits per heavy atom.